The molecule has 5 heteroatoms. The number of aliphatic hydroxyl groups excluding tert-OH is 4. The number of rotatable bonds is 21. The Morgan fingerprint density at radius 2 is 0.931 bits per heavy atom. The van der Waals surface area contributed by atoms with E-state index in [0.717, 1.165) is 19.3 Å². The first-order chi connectivity index (χ1) is 13.9. The fourth-order valence-electron chi connectivity index (χ4n) is 3.66. The molecule has 5 nitrogen and oxygen atoms in total. The van der Waals surface area contributed by atoms with Gasteiger partial charge in [0.2, 0.25) is 0 Å². The molecule has 0 bridgehead atoms. The summed E-state index contributed by atoms with van der Waals surface area (Å²) in [6.07, 6.45) is 14.9. The lowest BCUT2D eigenvalue weighted by Crippen LogP contribution is -2.44. The molecule has 4 atom stereocenters. The third-order valence-corrected chi connectivity index (χ3v) is 5.76. The van der Waals surface area contributed by atoms with Crippen LogP contribution >= 0.6 is 0 Å². The average Bonchev–Trinajstić information content (AvgIpc) is 2.71. The molecule has 29 heavy (non-hydrogen) atoms. The van der Waals surface area contributed by atoms with Gasteiger partial charge in [-0.05, 0) is 13.3 Å². The van der Waals surface area contributed by atoms with Crippen molar-refractivity contribution in [3.05, 3.63) is 0 Å². The predicted molar refractivity (Wildman–Crippen MR) is 119 cm³/mol. The zero-order chi connectivity index (χ0) is 21.9. The van der Waals surface area contributed by atoms with Gasteiger partial charge in [-0.1, -0.05) is 110 Å². The highest BCUT2D eigenvalue weighted by Crippen LogP contribution is 2.15. The van der Waals surface area contributed by atoms with Crippen molar-refractivity contribution >= 4 is 5.78 Å². The summed E-state index contributed by atoms with van der Waals surface area (Å²) in [4.78, 5) is 11.7. The summed E-state index contributed by atoms with van der Waals surface area (Å²) >= 11 is 0. The molecule has 0 aliphatic carbocycles. The summed E-state index contributed by atoms with van der Waals surface area (Å²) in [5, 5.41) is 38.3. The van der Waals surface area contributed by atoms with E-state index in [1.54, 1.807) is 0 Å². The van der Waals surface area contributed by atoms with Gasteiger partial charge in [-0.15, -0.1) is 0 Å². The number of aliphatic hydroxyl groups is 4. The lowest BCUT2D eigenvalue weighted by molar-refractivity contribution is -0.146. The third-order valence-electron chi connectivity index (χ3n) is 5.76. The molecule has 0 aromatic heterocycles. The van der Waals surface area contributed by atoms with Crippen molar-refractivity contribution in [3.63, 3.8) is 0 Å². The average molecular weight is 417 g/mol. The predicted octanol–water partition coefficient (Wildman–Crippen LogP) is 4.67. The lowest BCUT2D eigenvalue weighted by Gasteiger charge is -2.20. The molecule has 174 valence electrons. The Hall–Kier alpha value is -0.490. The van der Waals surface area contributed by atoms with Crippen molar-refractivity contribution in [2.45, 2.75) is 147 Å². The number of hydrogen-bond donors (Lipinski definition) is 4. The van der Waals surface area contributed by atoms with Crippen LogP contribution in [0.5, 0.6) is 0 Å². The van der Waals surface area contributed by atoms with Gasteiger partial charge >= 0.3 is 0 Å². The van der Waals surface area contributed by atoms with Crippen molar-refractivity contribution < 1.29 is 25.2 Å². The Morgan fingerprint density at radius 3 is 1.28 bits per heavy atom. The maximum Gasteiger partial charge on any atom is 0.194 e. The zero-order valence-electron chi connectivity index (χ0n) is 19.0. The molecule has 0 heterocycles. The van der Waals surface area contributed by atoms with E-state index in [-0.39, 0.29) is 0 Å². The van der Waals surface area contributed by atoms with Gasteiger partial charge in [0.05, 0.1) is 12.2 Å². The van der Waals surface area contributed by atoms with E-state index in [0.29, 0.717) is 6.42 Å². The maximum absolute atomic E-state index is 11.7. The molecule has 0 radical (unpaired) electrons. The summed E-state index contributed by atoms with van der Waals surface area (Å²) in [6, 6.07) is 0. The molecule has 0 aliphatic rings. The minimum Gasteiger partial charge on any atom is -0.390 e. The minimum absolute atomic E-state index is 0.331. The Bertz CT molecular complexity index is 372. The fraction of sp³-hybridized carbons (Fsp3) is 0.958. The molecule has 0 fully saturated rings. The second-order valence-electron chi connectivity index (χ2n) is 8.69. The summed E-state index contributed by atoms with van der Waals surface area (Å²) < 4.78 is 0. The van der Waals surface area contributed by atoms with E-state index < -0.39 is 30.2 Å². The first-order valence-corrected chi connectivity index (χ1v) is 12.2. The lowest BCUT2D eigenvalue weighted by atomic mass is 9.97. The zero-order valence-corrected chi connectivity index (χ0v) is 19.0. The number of Topliss-reactive ketones (excluding diaryl/α,β-unsaturated/α-hetero) is 1. The van der Waals surface area contributed by atoms with Gasteiger partial charge in [0.1, 0.15) is 12.2 Å². The Morgan fingerprint density at radius 1 is 0.586 bits per heavy atom. The number of carbonyl (C=O) groups is 1. The first-order valence-electron chi connectivity index (χ1n) is 12.2. The van der Waals surface area contributed by atoms with Crippen LogP contribution in [0.2, 0.25) is 0 Å². The SMILES string of the molecule is CCCCCCCCCCCCCCCCCCC(O)[C@@H](O)C(=O)[C@H](O)[C@@H](C)O. The Labute approximate surface area is 178 Å². The molecule has 0 aromatic carbocycles. The van der Waals surface area contributed by atoms with E-state index in [2.05, 4.69) is 6.92 Å². The smallest absolute Gasteiger partial charge is 0.194 e. The molecule has 0 aliphatic heterocycles. The van der Waals surface area contributed by atoms with Crippen molar-refractivity contribution in [3.8, 4) is 0 Å². The second kappa shape index (κ2) is 19.5. The quantitative estimate of drug-likeness (QED) is 0.204. The first kappa shape index (κ1) is 28.5. The van der Waals surface area contributed by atoms with Crippen molar-refractivity contribution in [2.75, 3.05) is 0 Å². The van der Waals surface area contributed by atoms with Gasteiger partial charge < -0.3 is 20.4 Å². The van der Waals surface area contributed by atoms with Crippen molar-refractivity contribution in [2.24, 2.45) is 0 Å². The van der Waals surface area contributed by atoms with Crippen LogP contribution in [0.25, 0.3) is 0 Å². The summed E-state index contributed by atoms with van der Waals surface area (Å²) in [5.41, 5.74) is 0. The Kier molecular flexibility index (Phi) is 19.1. The molecule has 0 amide bonds. The van der Waals surface area contributed by atoms with E-state index in [4.69, 9.17) is 0 Å². The van der Waals surface area contributed by atoms with Gasteiger partial charge in [-0.3, -0.25) is 4.79 Å². The van der Waals surface area contributed by atoms with Crippen LogP contribution in [0.3, 0.4) is 0 Å². The highest BCUT2D eigenvalue weighted by molar-refractivity contribution is 5.87. The number of hydrogen-bond acceptors (Lipinski definition) is 5. The van der Waals surface area contributed by atoms with E-state index >= 15 is 0 Å². The molecule has 0 aromatic rings. The molecule has 0 saturated carbocycles. The molecule has 0 saturated heterocycles. The van der Waals surface area contributed by atoms with E-state index in [9.17, 15) is 25.2 Å². The van der Waals surface area contributed by atoms with Crippen molar-refractivity contribution in [1.29, 1.82) is 0 Å². The number of carbonyl (C=O) groups excluding carboxylic acids is 1. The van der Waals surface area contributed by atoms with Gasteiger partial charge in [-0.2, -0.15) is 0 Å². The van der Waals surface area contributed by atoms with Crippen LogP contribution in [-0.4, -0.2) is 50.6 Å². The van der Waals surface area contributed by atoms with E-state index in [1.807, 2.05) is 0 Å². The minimum atomic E-state index is -1.65. The van der Waals surface area contributed by atoms with Crippen LogP contribution < -0.4 is 0 Å². The summed E-state index contributed by atoms with van der Waals surface area (Å²) in [5.74, 6) is -0.913. The number of unbranched alkanes of at least 4 members (excludes halogenated alkanes) is 15. The Balaban J connectivity index is 3.41. The van der Waals surface area contributed by atoms with Crippen LogP contribution in [-0.2, 0) is 4.79 Å². The molecule has 0 rings (SSSR count). The van der Waals surface area contributed by atoms with Gasteiger partial charge in [0.25, 0.3) is 0 Å². The monoisotopic (exact) mass is 416 g/mol. The molecular weight excluding hydrogens is 368 g/mol. The topological polar surface area (TPSA) is 98.0 Å². The van der Waals surface area contributed by atoms with Crippen LogP contribution in [0.15, 0.2) is 0 Å². The highest BCUT2D eigenvalue weighted by Gasteiger charge is 2.31. The van der Waals surface area contributed by atoms with Crippen molar-refractivity contribution in [1.82, 2.24) is 0 Å². The standard InChI is InChI=1S/C24H48O5/c1-3-4-5-6-7-8-9-10-11-12-13-14-15-16-17-18-19-21(26)23(28)24(29)22(27)20(2)25/h20-23,25-28H,3-19H2,1-2H3/t20-,21?,22-,23-/m1/s1. The maximum atomic E-state index is 11.7. The normalized spacial score (nSPS) is 15.8. The van der Waals surface area contributed by atoms with Crippen LogP contribution in [0, 0.1) is 0 Å². The molecule has 1 unspecified atom stereocenters. The van der Waals surface area contributed by atoms with Gasteiger partial charge in [0, 0.05) is 0 Å². The largest absolute Gasteiger partial charge is 0.390 e. The highest BCUT2D eigenvalue weighted by atomic mass is 16.4. The third kappa shape index (κ3) is 15.9. The fourth-order valence-corrected chi connectivity index (χ4v) is 3.66. The molecule has 4 N–H and O–H groups in total. The molecule has 0 spiro atoms. The number of ketones is 1. The summed E-state index contributed by atoms with van der Waals surface area (Å²) in [6.45, 7) is 3.53. The summed E-state index contributed by atoms with van der Waals surface area (Å²) in [7, 11) is 0. The van der Waals surface area contributed by atoms with Crippen LogP contribution in [0.1, 0.15) is 123 Å². The van der Waals surface area contributed by atoms with Gasteiger partial charge in [0.15, 0.2) is 5.78 Å². The van der Waals surface area contributed by atoms with Crippen LogP contribution in [0.4, 0.5) is 0 Å². The van der Waals surface area contributed by atoms with E-state index in [1.165, 1.54) is 90.4 Å². The van der Waals surface area contributed by atoms with Gasteiger partial charge in [-0.25, -0.2) is 0 Å². The molecular formula is C24H48O5. The second-order valence-corrected chi connectivity index (χ2v) is 8.69.